The lowest BCUT2D eigenvalue weighted by atomic mass is 10.1. The van der Waals surface area contributed by atoms with Crippen molar-refractivity contribution in [3.8, 4) is 28.4 Å². The molecule has 29 heavy (non-hydrogen) atoms. The Kier molecular flexibility index (Phi) is 4.99. The lowest BCUT2D eigenvalue weighted by Gasteiger charge is -2.09. The number of methoxy groups -OCH3 is 1. The largest absolute Gasteiger partial charge is 0.506 e. The number of para-hydroxylation sites is 4. The number of carbonyl (C=O) groups excluding carboxylic acids is 1. The summed E-state index contributed by atoms with van der Waals surface area (Å²) in [5, 5.41) is 17.4. The number of nitrogens with zero attached hydrogens (tertiary/aromatic N) is 2. The third-order valence-corrected chi connectivity index (χ3v) is 4.49. The van der Waals surface area contributed by atoms with Gasteiger partial charge in [-0.15, -0.1) is 0 Å². The van der Waals surface area contributed by atoms with Crippen LogP contribution in [0.15, 0.2) is 85.1 Å². The molecule has 0 aliphatic heterocycles. The van der Waals surface area contributed by atoms with E-state index < -0.39 is 0 Å². The zero-order valence-corrected chi connectivity index (χ0v) is 15.7. The molecule has 0 atom stereocenters. The number of anilines is 1. The Bertz CT molecular complexity index is 1150. The Balaban J connectivity index is 1.82. The van der Waals surface area contributed by atoms with E-state index in [1.807, 2.05) is 54.6 Å². The van der Waals surface area contributed by atoms with E-state index in [1.54, 1.807) is 36.2 Å². The maximum absolute atomic E-state index is 13.1. The van der Waals surface area contributed by atoms with Gasteiger partial charge in [-0.3, -0.25) is 4.79 Å². The molecule has 0 bridgehead atoms. The van der Waals surface area contributed by atoms with Gasteiger partial charge in [-0.1, -0.05) is 42.5 Å². The van der Waals surface area contributed by atoms with Crippen molar-refractivity contribution in [2.45, 2.75) is 0 Å². The minimum absolute atomic E-state index is 0.00450. The van der Waals surface area contributed by atoms with Crippen molar-refractivity contribution in [1.82, 2.24) is 9.78 Å². The highest BCUT2D eigenvalue weighted by Crippen LogP contribution is 2.32. The van der Waals surface area contributed by atoms with Gasteiger partial charge in [0.2, 0.25) is 0 Å². The van der Waals surface area contributed by atoms with Crippen LogP contribution in [0.25, 0.3) is 16.9 Å². The Morgan fingerprint density at radius 1 is 0.966 bits per heavy atom. The molecule has 1 aromatic heterocycles. The van der Waals surface area contributed by atoms with Gasteiger partial charge in [0.1, 0.15) is 17.2 Å². The summed E-state index contributed by atoms with van der Waals surface area (Å²) in [6, 6.07) is 23.5. The number of rotatable bonds is 5. The van der Waals surface area contributed by atoms with Crippen molar-refractivity contribution in [2.24, 2.45) is 0 Å². The summed E-state index contributed by atoms with van der Waals surface area (Å²) >= 11 is 0. The molecule has 1 heterocycles. The van der Waals surface area contributed by atoms with Gasteiger partial charge in [0.15, 0.2) is 0 Å². The van der Waals surface area contributed by atoms with E-state index in [0.29, 0.717) is 28.3 Å². The summed E-state index contributed by atoms with van der Waals surface area (Å²) in [6.07, 6.45) is 1.67. The molecule has 6 nitrogen and oxygen atoms in total. The normalized spacial score (nSPS) is 10.5. The molecule has 1 amide bonds. The summed E-state index contributed by atoms with van der Waals surface area (Å²) in [6.45, 7) is 0. The molecule has 0 aliphatic rings. The SMILES string of the molecule is COc1ccccc1-c1nn(-c2ccccc2)cc1C(=O)Nc1ccccc1O. The van der Waals surface area contributed by atoms with E-state index in [0.717, 1.165) is 5.69 Å². The highest BCUT2D eigenvalue weighted by molar-refractivity contribution is 6.09. The Morgan fingerprint density at radius 3 is 2.41 bits per heavy atom. The molecule has 3 aromatic carbocycles. The Hall–Kier alpha value is -4.06. The summed E-state index contributed by atoms with van der Waals surface area (Å²) in [4.78, 5) is 13.1. The first-order valence-corrected chi connectivity index (χ1v) is 9.05. The molecule has 0 saturated heterocycles. The van der Waals surface area contributed by atoms with Gasteiger partial charge < -0.3 is 15.2 Å². The van der Waals surface area contributed by atoms with Gasteiger partial charge in [0, 0.05) is 11.8 Å². The number of ether oxygens (including phenoxy) is 1. The monoisotopic (exact) mass is 385 g/mol. The van der Waals surface area contributed by atoms with E-state index in [-0.39, 0.29) is 11.7 Å². The predicted octanol–water partition coefficient (Wildman–Crippen LogP) is 4.51. The number of benzene rings is 3. The minimum atomic E-state index is -0.380. The lowest BCUT2D eigenvalue weighted by Crippen LogP contribution is -2.12. The fourth-order valence-corrected chi connectivity index (χ4v) is 3.06. The molecule has 4 aromatic rings. The molecule has 0 fully saturated rings. The van der Waals surface area contributed by atoms with Crippen LogP contribution in [0.1, 0.15) is 10.4 Å². The summed E-state index contributed by atoms with van der Waals surface area (Å²) < 4.78 is 7.12. The molecular weight excluding hydrogens is 366 g/mol. The van der Waals surface area contributed by atoms with Gasteiger partial charge in [0.25, 0.3) is 5.91 Å². The first-order chi connectivity index (χ1) is 14.2. The number of phenols is 1. The van der Waals surface area contributed by atoms with Crippen molar-refractivity contribution in [1.29, 1.82) is 0 Å². The summed E-state index contributed by atoms with van der Waals surface area (Å²) in [7, 11) is 1.58. The second kappa shape index (κ2) is 7.90. The average molecular weight is 385 g/mol. The van der Waals surface area contributed by atoms with Crippen LogP contribution < -0.4 is 10.1 Å². The standard InChI is InChI=1S/C23H19N3O3/c1-29-21-14-8-5-11-17(21)22-18(15-26(25-22)16-9-3-2-4-10-16)23(28)24-19-12-6-7-13-20(19)27/h2-15,27H,1H3,(H,24,28). The number of phenolic OH excluding ortho intramolecular Hbond substituents is 1. The smallest absolute Gasteiger partial charge is 0.259 e. The summed E-state index contributed by atoms with van der Waals surface area (Å²) in [5.41, 5.74) is 2.70. The Labute approximate surface area is 168 Å². The van der Waals surface area contributed by atoms with Crippen LogP contribution in [0.5, 0.6) is 11.5 Å². The zero-order valence-electron chi connectivity index (χ0n) is 15.7. The lowest BCUT2D eigenvalue weighted by molar-refractivity contribution is 0.102. The molecule has 6 heteroatoms. The number of hydrogen-bond acceptors (Lipinski definition) is 4. The third kappa shape index (κ3) is 3.68. The van der Waals surface area contributed by atoms with Crippen LogP contribution in [0.4, 0.5) is 5.69 Å². The first kappa shape index (κ1) is 18.3. The number of nitrogens with one attached hydrogen (secondary N) is 1. The Morgan fingerprint density at radius 2 is 1.66 bits per heavy atom. The third-order valence-electron chi connectivity index (χ3n) is 4.49. The molecule has 0 aliphatic carbocycles. The fraction of sp³-hybridized carbons (Fsp3) is 0.0435. The maximum Gasteiger partial charge on any atom is 0.259 e. The average Bonchev–Trinajstić information content (AvgIpc) is 3.21. The van der Waals surface area contributed by atoms with Crippen molar-refractivity contribution >= 4 is 11.6 Å². The van der Waals surface area contributed by atoms with Crippen molar-refractivity contribution < 1.29 is 14.6 Å². The van der Waals surface area contributed by atoms with E-state index >= 15 is 0 Å². The van der Waals surface area contributed by atoms with Crippen LogP contribution in [-0.4, -0.2) is 27.9 Å². The molecule has 2 N–H and O–H groups in total. The second-order valence-corrected chi connectivity index (χ2v) is 6.34. The molecule has 144 valence electrons. The van der Waals surface area contributed by atoms with Gasteiger partial charge >= 0.3 is 0 Å². The number of carbonyl (C=O) groups is 1. The van der Waals surface area contributed by atoms with Crippen LogP contribution in [-0.2, 0) is 0 Å². The highest BCUT2D eigenvalue weighted by Gasteiger charge is 2.21. The van der Waals surface area contributed by atoms with Crippen LogP contribution in [0.3, 0.4) is 0 Å². The van der Waals surface area contributed by atoms with Crippen LogP contribution in [0, 0.1) is 0 Å². The van der Waals surface area contributed by atoms with E-state index in [1.165, 1.54) is 6.07 Å². The zero-order chi connectivity index (χ0) is 20.2. The molecule has 4 rings (SSSR count). The topological polar surface area (TPSA) is 76.4 Å². The van der Waals surface area contributed by atoms with Crippen LogP contribution >= 0.6 is 0 Å². The van der Waals surface area contributed by atoms with Gasteiger partial charge in [-0.05, 0) is 36.4 Å². The molecular formula is C23H19N3O3. The number of amides is 1. The fourth-order valence-electron chi connectivity index (χ4n) is 3.06. The van der Waals surface area contributed by atoms with E-state index in [2.05, 4.69) is 10.4 Å². The summed E-state index contributed by atoms with van der Waals surface area (Å²) in [5.74, 6) is 0.229. The van der Waals surface area contributed by atoms with Gasteiger partial charge in [0.05, 0.1) is 24.0 Å². The predicted molar refractivity (Wildman–Crippen MR) is 112 cm³/mol. The number of aromatic hydroxyl groups is 1. The molecule has 0 radical (unpaired) electrons. The van der Waals surface area contributed by atoms with Crippen molar-refractivity contribution in [3.05, 3.63) is 90.6 Å². The number of hydrogen-bond donors (Lipinski definition) is 2. The van der Waals surface area contributed by atoms with Gasteiger partial charge in [-0.25, -0.2) is 4.68 Å². The highest BCUT2D eigenvalue weighted by atomic mass is 16.5. The van der Waals surface area contributed by atoms with E-state index in [4.69, 9.17) is 4.74 Å². The van der Waals surface area contributed by atoms with Crippen molar-refractivity contribution in [2.75, 3.05) is 12.4 Å². The molecule has 0 spiro atoms. The maximum atomic E-state index is 13.1. The van der Waals surface area contributed by atoms with Crippen molar-refractivity contribution in [3.63, 3.8) is 0 Å². The van der Waals surface area contributed by atoms with Gasteiger partial charge in [-0.2, -0.15) is 5.10 Å². The molecule has 0 saturated carbocycles. The molecule has 0 unspecified atom stereocenters. The first-order valence-electron chi connectivity index (χ1n) is 9.05. The quantitative estimate of drug-likeness (QED) is 0.496. The second-order valence-electron chi connectivity index (χ2n) is 6.34. The minimum Gasteiger partial charge on any atom is -0.506 e. The van der Waals surface area contributed by atoms with E-state index in [9.17, 15) is 9.90 Å². The number of aromatic nitrogens is 2. The van der Waals surface area contributed by atoms with Crippen LogP contribution in [0.2, 0.25) is 0 Å².